The summed E-state index contributed by atoms with van der Waals surface area (Å²) >= 11 is 0. The number of aryl methyl sites for hydroxylation is 1. The third-order valence-corrected chi connectivity index (χ3v) is 4.32. The van der Waals surface area contributed by atoms with Crippen molar-refractivity contribution in [1.29, 1.82) is 0 Å². The largest absolute Gasteiger partial charge is 0.349 e. The molecule has 0 saturated carbocycles. The van der Waals surface area contributed by atoms with Gasteiger partial charge in [0, 0.05) is 0 Å². The van der Waals surface area contributed by atoms with E-state index < -0.39 is 0 Å². The van der Waals surface area contributed by atoms with Gasteiger partial charge in [0.1, 0.15) is 0 Å². The van der Waals surface area contributed by atoms with Crippen molar-refractivity contribution in [1.82, 2.24) is 9.97 Å². The van der Waals surface area contributed by atoms with Gasteiger partial charge in [0.2, 0.25) is 5.95 Å². The van der Waals surface area contributed by atoms with Gasteiger partial charge in [-0.25, -0.2) is 4.98 Å². The average Bonchev–Trinajstić information content (AvgIpc) is 2.82. The summed E-state index contributed by atoms with van der Waals surface area (Å²) in [5.74, 6) is 0.873. The molecule has 21 heavy (non-hydrogen) atoms. The van der Waals surface area contributed by atoms with E-state index in [4.69, 9.17) is 0 Å². The monoisotopic (exact) mass is 277 g/mol. The van der Waals surface area contributed by atoms with Crippen LogP contribution in [0.4, 0.5) is 5.95 Å². The molecule has 0 fully saturated rings. The fourth-order valence-corrected chi connectivity index (χ4v) is 3.26. The van der Waals surface area contributed by atoms with Crippen molar-refractivity contribution in [3.05, 3.63) is 59.7 Å². The molecule has 106 valence electrons. The molecule has 2 N–H and O–H groups in total. The van der Waals surface area contributed by atoms with E-state index in [9.17, 15) is 0 Å². The molecule has 2 aromatic carbocycles. The van der Waals surface area contributed by atoms with Crippen molar-refractivity contribution in [2.45, 2.75) is 31.7 Å². The minimum atomic E-state index is 0.351. The number of imidazole rings is 1. The molecule has 1 aliphatic carbocycles. The molecule has 1 heterocycles. The Kier molecular flexibility index (Phi) is 3.11. The van der Waals surface area contributed by atoms with E-state index in [2.05, 4.69) is 45.6 Å². The molecule has 1 atom stereocenters. The highest BCUT2D eigenvalue weighted by Crippen LogP contribution is 2.31. The number of aromatic nitrogens is 2. The average molecular weight is 277 g/mol. The molecule has 0 radical (unpaired) electrons. The van der Waals surface area contributed by atoms with E-state index in [1.807, 2.05) is 18.2 Å². The van der Waals surface area contributed by atoms with Crippen LogP contribution in [0.2, 0.25) is 0 Å². The summed E-state index contributed by atoms with van der Waals surface area (Å²) in [5.41, 5.74) is 5.00. The Labute approximate surface area is 124 Å². The number of nitrogens with zero attached hydrogens (tertiary/aromatic N) is 1. The van der Waals surface area contributed by atoms with Crippen LogP contribution in [-0.2, 0) is 6.42 Å². The molecule has 3 aromatic rings. The highest BCUT2D eigenvalue weighted by atomic mass is 15.1. The van der Waals surface area contributed by atoms with Crippen molar-refractivity contribution in [2.75, 3.05) is 5.32 Å². The normalized spacial score (nSPS) is 18.2. The number of H-pyrrole nitrogens is 1. The van der Waals surface area contributed by atoms with E-state index in [-0.39, 0.29) is 0 Å². The van der Waals surface area contributed by atoms with Crippen LogP contribution in [0.5, 0.6) is 0 Å². The maximum atomic E-state index is 4.64. The van der Waals surface area contributed by atoms with Crippen LogP contribution in [0.1, 0.15) is 36.4 Å². The highest BCUT2D eigenvalue weighted by molar-refractivity contribution is 5.77. The lowest BCUT2D eigenvalue weighted by Gasteiger charge is -2.18. The summed E-state index contributed by atoms with van der Waals surface area (Å²) in [6.45, 7) is 0. The molecule has 1 aliphatic rings. The van der Waals surface area contributed by atoms with Gasteiger partial charge in [-0.2, -0.15) is 0 Å². The van der Waals surface area contributed by atoms with Crippen LogP contribution in [0.3, 0.4) is 0 Å². The zero-order valence-electron chi connectivity index (χ0n) is 12.0. The van der Waals surface area contributed by atoms with E-state index in [0.29, 0.717) is 6.04 Å². The van der Waals surface area contributed by atoms with Crippen LogP contribution < -0.4 is 5.32 Å². The maximum Gasteiger partial charge on any atom is 0.201 e. The van der Waals surface area contributed by atoms with Gasteiger partial charge in [0.15, 0.2) is 0 Å². The molecule has 3 nitrogen and oxygen atoms in total. The Balaban J connectivity index is 1.67. The predicted octanol–water partition coefficient (Wildman–Crippen LogP) is 4.44. The summed E-state index contributed by atoms with van der Waals surface area (Å²) in [4.78, 5) is 8.02. The van der Waals surface area contributed by atoms with Crippen molar-refractivity contribution >= 4 is 17.0 Å². The van der Waals surface area contributed by atoms with Crippen molar-refractivity contribution < 1.29 is 0 Å². The predicted molar refractivity (Wildman–Crippen MR) is 86.5 cm³/mol. The third-order valence-electron chi connectivity index (χ3n) is 4.32. The lowest BCUT2D eigenvalue weighted by Crippen LogP contribution is -2.12. The van der Waals surface area contributed by atoms with Gasteiger partial charge in [0.05, 0.1) is 17.1 Å². The number of aromatic amines is 1. The van der Waals surface area contributed by atoms with Crippen molar-refractivity contribution in [2.24, 2.45) is 0 Å². The van der Waals surface area contributed by atoms with Gasteiger partial charge in [-0.15, -0.1) is 0 Å². The lowest BCUT2D eigenvalue weighted by atomic mass is 9.99. The van der Waals surface area contributed by atoms with Gasteiger partial charge in [-0.05, 0) is 42.5 Å². The van der Waals surface area contributed by atoms with Crippen molar-refractivity contribution in [3.63, 3.8) is 0 Å². The number of rotatable bonds is 2. The topological polar surface area (TPSA) is 40.7 Å². The lowest BCUT2D eigenvalue weighted by molar-refractivity contribution is 0.641. The first-order chi connectivity index (χ1) is 10.4. The van der Waals surface area contributed by atoms with Gasteiger partial charge in [-0.3, -0.25) is 0 Å². The second kappa shape index (κ2) is 5.24. The minimum Gasteiger partial charge on any atom is -0.349 e. The fraction of sp³-hybridized carbons (Fsp3) is 0.278. The van der Waals surface area contributed by atoms with E-state index in [1.54, 1.807) is 0 Å². The zero-order valence-corrected chi connectivity index (χ0v) is 12.0. The number of hydrogen-bond donors (Lipinski definition) is 2. The van der Waals surface area contributed by atoms with Gasteiger partial charge >= 0.3 is 0 Å². The SMILES string of the molecule is c1ccc2c(c1)CCCCC2Nc1nc2ccccc2[nH]1. The Morgan fingerprint density at radius 3 is 2.81 bits per heavy atom. The fourth-order valence-electron chi connectivity index (χ4n) is 3.26. The van der Waals surface area contributed by atoms with E-state index in [0.717, 1.165) is 23.4 Å². The summed E-state index contributed by atoms with van der Waals surface area (Å²) in [7, 11) is 0. The molecule has 0 saturated heterocycles. The van der Waals surface area contributed by atoms with Crippen LogP contribution in [-0.4, -0.2) is 9.97 Å². The molecule has 0 aliphatic heterocycles. The molecule has 0 bridgehead atoms. The molecular weight excluding hydrogens is 258 g/mol. The minimum absolute atomic E-state index is 0.351. The van der Waals surface area contributed by atoms with Gasteiger partial charge in [-0.1, -0.05) is 42.8 Å². The highest BCUT2D eigenvalue weighted by Gasteiger charge is 2.19. The van der Waals surface area contributed by atoms with Crippen molar-refractivity contribution in [3.8, 4) is 0 Å². The zero-order chi connectivity index (χ0) is 14.1. The number of fused-ring (bicyclic) bond motifs is 2. The third kappa shape index (κ3) is 2.40. The van der Waals surface area contributed by atoms with Crippen LogP contribution in [0.15, 0.2) is 48.5 Å². The molecule has 0 amide bonds. The molecule has 4 rings (SSSR count). The van der Waals surface area contributed by atoms with E-state index >= 15 is 0 Å². The molecular formula is C18H19N3. The molecule has 1 unspecified atom stereocenters. The smallest absolute Gasteiger partial charge is 0.201 e. The number of benzene rings is 2. The molecule has 3 heteroatoms. The van der Waals surface area contributed by atoms with Crippen LogP contribution in [0, 0.1) is 0 Å². The summed E-state index contributed by atoms with van der Waals surface area (Å²) in [5, 5.41) is 3.60. The number of para-hydroxylation sites is 2. The Morgan fingerprint density at radius 1 is 1.00 bits per heavy atom. The van der Waals surface area contributed by atoms with Gasteiger partial charge in [0.25, 0.3) is 0 Å². The molecule has 0 spiro atoms. The van der Waals surface area contributed by atoms with Gasteiger partial charge < -0.3 is 10.3 Å². The number of anilines is 1. The number of hydrogen-bond acceptors (Lipinski definition) is 2. The summed E-state index contributed by atoms with van der Waals surface area (Å²) in [6.07, 6.45) is 4.88. The first-order valence-electron chi connectivity index (χ1n) is 7.69. The number of nitrogens with one attached hydrogen (secondary N) is 2. The standard InChI is InChI=1S/C18H19N3/c1-3-9-14-13(7-1)8-2-4-10-15(14)19-18-20-16-11-5-6-12-17(16)21-18/h1,3,5-7,9,11-12,15H,2,4,8,10H2,(H2,19,20,21). The Hall–Kier alpha value is -2.29. The van der Waals surface area contributed by atoms with Crippen LogP contribution >= 0.6 is 0 Å². The quantitative estimate of drug-likeness (QED) is 0.680. The Bertz CT molecular complexity index is 727. The first-order valence-corrected chi connectivity index (χ1v) is 7.69. The second-order valence-electron chi connectivity index (χ2n) is 5.74. The molecule has 1 aromatic heterocycles. The van der Waals surface area contributed by atoms with Crippen LogP contribution in [0.25, 0.3) is 11.0 Å². The maximum absolute atomic E-state index is 4.64. The Morgan fingerprint density at radius 2 is 1.86 bits per heavy atom. The summed E-state index contributed by atoms with van der Waals surface area (Å²) < 4.78 is 0. The summed E-state index contributed by atoms with van der Waals surface area (Å²) in [6, 6.07) is 17.3. The second-order valence-corrected chi connectivity index (χ2v) is 5.74. The first kappa shape index (κ1) is 12.5. The van der Waals surface area contributed by atoms with E-state index in [1.165, 1.54) is 30.4 Å².